The normalized spacial score (nSPS) is 26.4. The minimum absolute atomic E-state index is 0.162. The van der Waals surface area contributed by atoms with Gasteiger partial charge in [-0.25, -0.2) is 4.79 Å². The predicted octanol–water partition coefficient (Wildman–Crippen LogP) is 0.261. The van der Waals surface area contributed by atoms with Crippen LogP contribution < -0.4 is 11.2 Å². The van der Waals surface area contributed by atoms with Crippen molar-refractivity contribution in [1.82, 2.24) is 9.55 Å². The Hall–Kier alpha value is -0.780. The van der Waals surface area contributed by atoms with Gasteiger partial charge in [-0.1, -0.05) is 42.4 Å². The van der Waals surface area contributed by atoms with Crippen LogP contribution in [0.25, 0.3) is 0 Å². The fourth-order valence-electron chi connectivity index (χ4n) is 2.54. The van der Waals surface area contributed by atoms with Crippen molar-refractivity contribution in [2.45, 2.75) is 62.9 Å². The second kappa shape index (κ2) is 8.94. The van der Waals surface area contributed by atoms with E-state index in [4.69, 9.17) is 9.84 Å². The van der Waals surface area contributed by atoms with Gasteiger partial charge in [0, 0.05) is 22.3 Å². The summed E-state index contributed by atoms with van der Waals surface area (Å²) in [5, 5.41) is 29.1. The van der Waals surface area contributed by atoms with E-state index in [1.165, 1.54) is 6.20 Å². The van der Waals surface area contributed by atoms with E-state index in [2.05, 4.69) is 25.8 Å². The Labute approximate surface area is 159 Å². The number of nitrogens with one attached hydrogen (secondary N) is 1. The van der Waals surface area contributed by atoms with Crippen molar-refractivity contribution >= 4 is 21.6 Å². The minimum Gasteiger partial charge on any atom is -0.394 e. The minimum atomic E-state index is -1.37. The third-order valence-electron chi connectivity index (χ3n) is 3.82. The Morgan fingerprint density at radius 2 is 1.96 bits per heavy atom. The molecule has 10 heteroatoms. The molecule has 4 atom stereocenters. The van der Waals surface area contributed by atoms with E-state index < -0.39 is 42.4 Å². The molecule has 1 aromatic rings. The summed E-state index contributed by atoms with van der Waals surface area (Å²) in [6.07, 6.45) is -2.23. The number of hydrogen-bond donors (Lipinski definition) is 4. The van der Waals surface area contributed by atoms with Crippen LogP contribution in [0.1, 0.15) is 39.0 Å². The van der Waals surface area contributed by atoms with Crippen LogP contribution in [-0.4, -0.2) is 60.3 Å². The molecule has 148 valence electrons. The topological polar surface area (TPSA) is 125 Å². The van der Waals surface area contributed by atoms with Gasteiger partial charge in [0.05, 0.1) is 6.61 Å². The summed E-state index contributed by atoms with van der Waals surface area (Å²) in [7, 11) is 3.51. The van der Waals surface area contributed by atoms with Crippen molar-refractivity contribution in [3.8, 4) is 0 Å². The molecule has 26 heavy (non-hydrogen) atoms. The number of aliphatic hydroxyl groups is 3. The van der Waals surface area contributed by atoms with Crippen LogP contribution in [0.15, 0.2) is 15.8 Å². The largest absolute Gasteiger partial charge is 0.394 e. The number of aliphatic hydroxyl groups excluding tert-OH is 3. The number of H-pyrrole nitrogens is 1. The molecule has 4 N–H and O–H groups in total. The summed E-state index contributed by atoms with van der Waals surface area (Å²) < 4.78 is 6.59. The lowest BCUT2D eigenvalue weighted by Crippen LogP contribution is -2.38. The standard InChI is InChI=1S/C16H26N2O6S2/c1-16(2,3)26-25-6-4-5-9-7-18(15(23)17-13(9)22)14-12(21)11(20)10(8-19)24-14/h7,10-12,14,19-21H,4-6,8H2,1-3H3,(H,17,22,23)/t10-,11-,12-,14-/m1/s1. The fourth-order valence-corrected chi connectivity index (χ4v) is 4.91. The smallest absolute Gasteiger partial charge is 0.330 e. The molecule has 8 nitrogen and oxygen atoms in total. The lowest BCUT2D eigenvalue weighted by atomic mass is 10.1. The van der Waals surface area contributed by atoms with Crippen molar-refractivity contribution in [2.75, 3.05) is 12.4 Å². The molecule has 0 radical (unpaired) electrons. The maximum atomic E-state index is 12.1. The molecular weight excluding hydrogens is 380 g/mol. The molecule has 1 aliphatic rings. The van der Waals surface area contributed by atoms with Crippen LogP contribution in [0, 0.1) is 0 Å². The molecule has 2 heterocycles. The van der Waals surface area contributed by atoms with Gasteiger partial charge >= 0.3 is 5.69 Å². The average Bonchev–Trinajstić information content (AvgIpc) is 2.83. The summed E-state index contributed by atoms with van der Waals surface area (Å²) in [4.78, 5) is 26.3. The lowest BCUT2D eigenvalue weighted by molar-refractivity contribution is -0.0551. The summed E-state index contributed by atoms with van der Waals surface area (Å²) in [6, 6.07) is 0. The number of ether oxygens (including phenoxy) is 1. The van der Waals surface area contributed by atoms with E-state index in [0.717, 1.165) is 16.7 Å². The molecular formula is C16H26N2O6S2. The molecule has 0 aliphatic carbocycles. The number of nitrogens with zero attached hydrogens (tertiary/aromatic N) is 1. The third kappa shape index (κ3) is 5.37. The highest BCUT2D eigenvalue weighted by Gasteiger charge is 2.43. The number of hydrogen-bond acceptors (Lipinski definition) is 8. The SMILES string of the molecule is CC(C)(C)SSCCCc1cn([C@@H]2O[C@H](CO)[C@@H](O)[C@H]2O)c(=O)[nH]c1=O. The Morgan fingerprint density at radius 1 is 1.27 bits per heavy atom. The molecule has 0 amide bonds. The van der Waals surface area contributed by atoms with Gasteiger partial charge in [0.1, 0.15) is 18.3 Å². The number of aromatic amines is 1. The predicted molar refractivity (Wildman–Crippen MR) is 102 cm³/mol. The molecule has 1 aromatic heterocycles. The highest BCUT2D eigenvalue weighted by molar-refractivity contribution is 8.77. The molecule has 2 rings (SSSR count). The zero-order chi connectivity index (χ0) is 19.5. The van der Waals surface area contributed by atoms with Crippen LogP contribution in [-0.2, 0) is 11.2 Å². The van der Waals surface area contributed by atoms with E-state index in [0.29, 0.717) is 12.0 Å². The number of rotatable bonds is 7. The molecule has 0 bridgehead atoms. The molecule has 0 saturated carbocycles. The van der Waals surface area contributed by atoms with Crippen LogP contribution in [0.4, 0.5) is 0 Å². The molecule has 1 fully saturated rings. The van der Waals surface area contributed by atoms with Crippen molar-refractivity contribution in [1.29, 1.82) is 0 Å². The van der Waals surface area contributed by atoms with Gasteiger partial charge in [-0.15, -0.1) is 0 Å². The van der Waals surface area contributed by atoms with Gasteiger partial charge in [-0.3, -0.25) is 14.3 Å². The summed E-state index contributed by atoms with van der Waals surface area (Å²) in [5.41, 5.74) is -0.790. The zero-order valence-electron chi connectivity index (χ0n) is 15.0. The molecule has 0 spiro atoms. The van der Waals surface area contributed by atoms with Gasteiger partial charge in [-0.05, 0) is 12.8 Å². The summed E-state index contributed by atoms with van der Waals surface area (Å²) in [5.74, 6) is 0.856. The average molecular weight is 407 g/mol. The van der Waals surface area contributed by atoms with E-state index >= 15 is 0 Å². The Bertz CT molecular complexity index is 714. The van der Waals surface area contributed by atoms with E-state index in [1.54, 1.807) is 21.6 Å². The van der Waals surface area contributed by atoms with Crippen LogP contribution in [0.2, 0.25) is 0 Å². The maximum Gasteiger partial charge on any atom is 0.330 e. The van der Waals surface area contributed by atoms with Gasteiger partial charge < -0.3 is 20.1 Å². The number of aryl methyl sites for hydroxylation is 1. The van der Waals surface area contributed by atoms with E-state index in [9.17, 15) is 19.8 Å². The van der Waals surface area contributed by atoms with Crippen molar-refractivity contribution in [3.63, 3.8) is 0 Å². The van der Waals surface area contributed by atoms with Crippen LogP contribution in [0.5, 0.6) is 0 Å². The number of aromatic nitrogens is 2. The summed E-state index contributed by atoms with van der Waals surface area (Å²) >= 11 is 0. The highest BCUT2D eigenvalue weighted by Crippen LogP contribution is 2.35. The van der Waals surface area contributed by atoms with Crippen LogP contribution in [0.3, 0.4) is 0 Å². The first-order valence-corrected chi connectivity index (χ1v) is 10.7. The lowest BCUT2D eigenvalue weighted by Gasteiger charge is -2.18. The van der Waals surface area contributed by atoms with E-state index in [-0.39, 0.29) is 4.75 Å². The molecule has 0 unspecified atom stereocenters. The van der Waals surface area contributed by atoms with Crippen molar-refractivity contribution < 1.29 is 20.1 Å². The first-order chi connectivity index (χ1) is 12.1. The quantitative estimate of drug-likeness (QED) is 0.375. The zero-order valence-corrected chi connectivity index (χ0v) is 16.7. The van der Waals surface area contributed by atoms with E-state index in [1.807, 2.05) is 0 Å². The monoisotopic (exact) mass is 406 g/mol. The first-order valence-electron chi connectivity index (χ1n) is 8.41. The Morgan fingerprint density at radius 3 is 2.54 bits per heavy atom. The van der Waals surface area contributed by atoms with Crippen LogP contribution >= 0.6 is 21.6 Å². The van der Waals surface area contributed by atoms with Gasteiger partial charge in [0.25, 0.3) is 5.56 Å². The van der Waals surface area contributed by atoms with Crippen molar-refractivity contribution in [3.05, 3.63) is 32.6 Å². The second-order valence-electron chi connectivity index (χ2n) is 7.17. The first kappa shape index (κ1) is 21.5. The molecule has 1 aliphatic heterocycles. The van der Waals surface area contributed by atoms with Gasteiger partial charge in [0.15, 0.2) is 6.23 Å². The Kier molecular flexibility index (Phi) is 7.40. The van der Waals surface area contributed by atoms with Crippen molar-refractivity contribution in [2.24, 2.45) is 0 Å². The van der Waals surface area contributed by atoms with Gasteiger partial charge in [0.2, 0.25) is 0 Å². The maximum absolute atomic E-state index is 12.1. The fraction of sp³-hybridized carbons (Fsp3) is 0.750. The molecule has 1 saturated heterocycles. The highest BCUT2D eigenvalue weighted by atomic mass is 33.1. The second-order valence-corrected chi connectivity index (χ2v) is 10.4. The Balaban J connectivity index is 2.07. The summed E-state index contributed by atoms with van der Waals surface area (Å²) in [6.45, 7) is 5.91. The molecule has 0 aromatic carbocycles. The third-order valence-corrected chi connectivity index (χ3v) is 7.24. The van der Waals surface area contributed by atoms with Gasteiger partial charge in [-0.2, -0.15) is 0 Å².